The Labute approximate surface area is 94.3 Å². The lowest BCUT2D eigenvalue weighted by molar-refractivity contribution is -0.117. The van der Waals surface area contributed by atoms with Crippen LogP contribution in [0.5, 0.6) is 0 Å². The van der Waals surface area contributed by atoms with Crippen LogP contribution in [0.4, 0.5) is 0 Å². The molecule has 1 aliphatic carbocycles. The van der Waals surface area contributed by atoms with Crippen molar-refractivity contribution < 1.29 is 4.79 Å². The number of hydrogen-bond donors (Lipinski definition) is 0. The fourth-order valence-electron chi connectivity index (χ4n) is 1.41. The van der Waals surface area contributed by atoms with E-state index < -0.39 is 0 Å². The van der Waals surface area contributed by atoms with Crippen molar-refractivity contribution in [2.45, 2.75) is 26.2 Å². The second-order valence-electron chi connectivity index (χ2n) is 2.89. The van der Waals surface area contributed by atoms with Crippen molar-refractivity contribution in [1.29, 1.82) is 0 Å². The molecule has 0 aromatic heterocycles. The summed E-state index contributed by atoms with van der Waals surface area (Å²) in [5, 5.41) is 0. The smallest absolute Gasteiger partial charge is 0.160 e. The molecule has 3 heteroatoms. The molecule has 0 bridgehead atoms. The summed E-state index contributed by atoms with van der Waals surface area (Å²) in [6.07, 6.45) is 3.01. The summed E-state index contributed by atoms with van der Waals surface area (Å²) >= 11 is 4.48. The predicted molar refractivity (Wildman–Crippen MR) is 63.1 cm³/mol. The van der Waals surface area contributed by atoms with Gasteiger partial charge in [0.25, 0.3) is 0 Å². The number of hydrogen-bond acceptors (Lipinski definition) is 1. The monoisotopic (exact) mass is 376 g/mol. The Morgan fingerprint density at radius 1 is 1.55 bits per heavy atom. The van der Waals surface area contributed by atoms with E-state index in [9.17, 15) is 4.79 Å². The molecule has 0 heterocycles. The molecule has 0 N–H and O–H groups in total. The van der Waals surface area contributed by atoms with Crippen molar-refractivity contribution in [2.75, 3.05) is 0 Å². The van der Waals surface area contributed by atoms with Crippen LogP contribution in [0.1, 0.15) is 26.2 Å². The van der Waals surface area contributed by atoms with Gasteiger partial charge in [-0.25, -0.2) is 0 Å². The Bertz CT molecular complexity index is 204. The van der Waals surface area contributed by atoms with Crippen LogP contribution in [0.25, 0.3) is 0 Å². The summed E-state index contributed by atoms with van der Waals surface area (Å²) in [6, 6.07) is 0. The summed E-state index contributed by atoms with van der Waals surface area (Å²) in [7, 11) is 0. The molecule has 1 unspecified atom stereocenters. The first-order valence-corrected chi connectivity index (χ1v) is 5.87. The summed E-state index contributed by atoms with van der Waals surface area (Å²) in [6.45, 7) is 2.14. The first-order chi connectivity index (χ1) is 5.13. The van der Waals surface area contributed by atoms with E-state index in [1.165, 1.54) is 6.42 Å². The van der Waals surface area contributed by atoms with Crippen LogP contribution in [0.3, 0.4) is 0 Å². The van der Waals surface area contributed by atoms with Gasteiger partial charge in [0.1, 0.15) is 0 Å². The molecule has 0 aromatic carbocycles. The Hall–Kier alpha value is 0.870. The van der Waals surface area contributed by atoms with Gasteiger partial charge in [-0.3, -0.25) is 4.79 Å². The molecule has 62 valence electrons. The van der Waals surface area contributed by atoms with Crippen LogP contribution in [0.15, 0.2) is 7.16 Å². The minimum Gasteiger partial charge on any atom is -0.294 e. The number of halogens is 2. The normalized spacial score (nSPS) is 25.5. The lowest BCUT2D eigenvalue weighted by Crippen LogP contribution is -2.16. The van der Waals surface area contributed by atoms with Gasteiger partial charge in [0.2, 0.25) is 0 Å². The Morgan fingerprint density at radius 3 is 2.55 bits per heavy atom. The Balaban J connectivity index is 2.88. The van der Waals surface area contributed by atoms with Gasteiger partial charge in [0.05, 0.1) is 1.59 Å². The van der Waals surface area contributed by atoms with E-state index in [-0.39, 0.29) is 0 Å². The third kappa shape index (κ3) is 2.40. The average Bonchev–Trinajstić information content (AvgIpc) is 1.85. The average molecular weight is 376 g/mol. The van der Waals surface area contributed by atoms with Crippen molar-refractivity contribution in [3.8, 4) is 0 Å². The lowest BCUT2D eigenvalue weighted by atomic mass is 9.86. The quantitative estimate of drug-likeness (QED) is 0.468. The molecule has 1 saturated carbocycles. The summed E-state index contributed by atoms with van der Waals surface area (Å²) in [5.41, 5.74) is 1.07. The molecule has 0 saturated heterocycles. The van der Waals surface area contributed by atoms with Crippen LogP contribution in [-0.4, -0.2) is 5.78 Å². The second kappa shape index (κ2) is 4.20. The zero-order valence-corrected chi connectivity index (χ0v) is 10.7. The molecular formula is C8H10I2O. The number of carbonyl (C=O) groups is 1. The fraction of sp³-hybridized carbons (Fsp3) is 0.625. The topological polar surface area (TPSA) is 17.1 Å². The maximum Gasteiger partial charge on any atom is 0.160 e. The molecule has 0 aliphatic heterocycles. The van der Waals surface area contributed by atoms with E-state index in [0.29, 0.717) is 11.7 Å². The van der Waals surface area contributed by atoms with Gasteiger partial charge in [-0.05, 0) is 63.9 Å². The van der Waals surface area contributed by atoms with Crippen molar-refractivity contribution in [1.82, 2.24) is 0 Å². The van der Waals surface area contributed by atoms with E-state index in [2.05, 4.69) is 52.1 Å². The molecule has 0 amide bonds. The summed E-state index contributed by atoms with van der Waals surface area (Å²) < 4.78 is 1.15. The van der Waals surface area contributed by atoms with Crippen LogP contribution in [0, 0.1) is 5.92 Å². The van der Waals surface area contributed by atoms with E-state index in [1.54, 1.807) is 0 Å². The van der Waals surface area contributed by atoms with Gasteiger partial charge in [-0.1, -0.05) is 6.92 Å². The van der Waals surface area contributed by atoms with E-state index in [4.69, 9.17) is 0 Å². The van der Waals surface area contributed by atoms with Gasteiger partial charge < -0.3 is 0 Å². The third-order valence-corrected chi connectivity index (χ3v) is 3.20. The first-order valence-electron chi connectivity index (χ1n) is 3.71. The maximum absolute atomic E-state index is 11.4. The van der Waals surface area contributed by atoms with Crippen LogP contribution < -0.4 is 0 Å². The molecule has 1 fully saturated rings. The highest BCUT2D eigenvalue weighted by Crippen LogP contribution is 2.33. The molecule has 11 heavy (non-hydrogen) atoms. The first kappa shape index (κ1) is 9.95. The highest BCUT2D eigenvalue weighted by molar-refractivity contribution is 14.2. The number of rotatable bonds is 0. The predicted octanol–water partition coefficient (Wildman–Crippen LogP) is 3.46. The van der Waals surface area contributed by atoms with Crippen LogP contribution >= 0.6 is 45.2 Å². The largest absolute Gasteiger partial charge is 0.294 e. The van der Waals surface area contributed by atoms with Crippen molar-refractivity contribution in [3.63, 3.8) is 0 Å². The molecule has 0 aromatic rings. The Morgan fingerprint density at radius 2 is 2.18 bits per heavy atom. The van der Waals surface area contributed by atoms with Crippen molar-refractivity contribution >= 4 is 51.0 Å². The number of carbonyl (C=O) groups excluding carboxylic acids is 1. The van der Waals surface area contributed by atoms with Crippen molar-refractivity contribution in [2.24, 2.45) is 5.92 Å². The molecule has 1 atom stereocenters. The minimum atomic E-state index is 0.363. The molecular weight excluding hydrogens is 366 g/mol. The summed E-state index contributed by atoms with van der Waals surface area (Å²) in [4.78, 5) is 11.4. The Kier molecular flexibility index (Phi) is 3.80. The molecule has 1 aliphatic rings. The van der Waals surface area contributed by atoms with Gasteiger partial charge in [0, 0.05) is 12.0 Å². The highest BCUT2D eigenvalue weighted by atomic mass is 127. The molecule has 0 spiro atoms. The van der Waals surface area contributed by atoms with Gasteiger partial charge in [0.15, 0.2) is 5.78 Å². The van der Waals surface area contributed by atoms with E-state index in [0.717, 1.165) is 20.0 Å². The zero-order valence-electron chi connectivity index (χ0n) is 6.36. The number of Topliss-reactive ketones (excluding diaryl/α,β-unsaturated/α-hetero) is 1. The van der Waals surface area contributed by atoms with Gasteiger partial charge >= 0.3 is 0 Å². The van der Waals surface area contributed by atoms with E-state index in [1.807, 2.05) is 0 Å². The highest BCUT2D eigenvalue weighted by Gasteiger charge is 2.23. The fourth-order valence-corrected chi connectivity index (χ4v) is 3.08. The third-order valence-electron chi connectivity index (χ3n) is 2.04. The molecule has 1 rings (SSSR count). The maximum atomic E-state index is 11.4. The number of ketones is 1. The molecule has 0 radical (unpaired) electrons. The standard InChI is InChI=1S/C8H10I2O/c1-5-3-2-4-6(11)7(5)8(9)10/h5H,2-4H2,1H3. The molecule has 1 nitrogen and oxygen atoms in total. The number of allylic oxidation sites excluding steroid dienone is 1. The van der Waals surface area contributed by atoms with Crippen LogP contribution in [-0.2, 0) is 4.79 Å². The van der Waals surface area contributed by atoms with Gasteiger partial charge in [-0.15, -0.1) is 0 Å². The van der Waals surface area contributed by atoms with Crippen LogP contribution in [0.2, 0.25) is 0 Å². The van der Waals surface area contributed by atoms with Gasteiger partial charge in [-0.2, -0.15) is 0 Å². The van der Waals surface area contributed by atoms with Crippen molar-refractivity contribution in [3.05, 3.63) is 7.16 Å². The van der Waals surface area contributed by atoms with E-state index >= 15 is 0 Å². The second-order valence-corrected chi connectivity index (χ2v) is 7.11. The minimum absolute atomic E-state index is 0.363. The SMILES string of the molecule is CC1CCCC(=O)C1=C(I)I. The lowest BCUT2D eigenvalue weighted by Gasteiger charge is -2.20. The zero-order chi connectivity index (χ0) is 8.43. The summed E-state index contributed by atoms with van der Waals surface area (Å²) in [5.74, 6) is 0.850.